The first-order valence-corrected chi connectivity index (χ1v) is 6.19. The van der Waals surface area contributed by atoms with E-state index >= 15 is 0 Å². The van der Waals surface area contributed by atoms with Crippen molar-refractivity contribution in [2.24, 2.45) is 5.73 Å². The van der Waals surface area contributed by atoms with Gasteiger partial charge in [-0.15, -0.1) is 0 Å². The minimum absolute atomic E-state index is 0.0721. The molecule has 16 heavy (non-hydrogen) atoms. The van der Waals surface area contributed by atoms with Crippen LogP contribution in [0.25, 0.3) is 0 Å². The minimum Gasteiger partial charge on any atom is -0.377 e. The average molecular weight is 242 g/mol. The molecule has 90 valence electrons. The van der Waals surface area contributed by atoms with Crippen molar-refractivity contribution in [3.05, 3.63) is 34.9 Å². The van der Waals surface area contributed by atoms with E-state index in [1.54, 1.807) is 0 Å². The first-order chi connectivity index (χ1) is 7.69. The Labute approximate surface area is 103 Å². The summed E-state index contributed by atoms with van der Waals surface area (Å²) in [7, 11) is 0. The zero-order valence-corrected chi connectivity index (χ0v) is 10.7. The molecule has 2 N–H and O–H groups in total. The Morgan fingerprint density at radius 1 is 1.25 bits per heavy atom. The Kier molecular flexibility index (Phi) is 5.81. The van der Waals surface area contributed by atoms with Gasteiger partial charge in [0, 0.05) is 11.6 Å². The summed E-state index contributed by atoms with van der Waals surface area (Å²) in [6.45, 7) is 4.84. The van der Waals surface area contributed by atoms with E-state index in [-0.39, 0.29) is 12.1 Å². The Bertz CT molecular complexity index is 293. The molecule has 1 aromatic rings. The highest BCUT2D eigenvalue weighted by Gasteiger charge is 2.18. The van der Waals surface area contributed by atoms with Crippen molar-refractivity contribution in [3.63, 3.8) is 0 Å². The van der Waals surface area contributed by atoms with Crippen molar-refractivity contribution in [3.8, 4) is 0 Å². The zero-order valence-electron chi connectivity index (χ0n) is 9.95. The van der Waals surface area contributed by atoms with E-state index in [9.17, 15) is 0 Å². The van der Waals surface area contributed by atoms with Gasteiger partial charge in [-0.2, -0.15) is 0 Å². The first kappa shape index (κ1) is 13.5. The highest BCUT2D eigenvalue weighted by Crippen LogP contribution is 2.21. The molecular weight excluding hydrogens is 222 g/mol. The number of rotatable bonds is 6. The Morgan fingerprint density at radius 3 is 2.38 bits per heavy atom. The third-order valence-corrected chi connectivity index (χ3v) is 2.86. The summed E-state index contributed by atoms with van der Waals surface area (Å²) in [6, 6.07) is 7.60. The number of hydrogen-bond acceptors (Lipinski definition) is 2. The molecule has 3 heteroatoms. The lowest BCUT2D eigenvalue weighted by molar-refractivity contribution is 0.0374. The van der Waals surface area contributed by atoms with Gasteiger partial charge in [-0.1, -0.05) is 37.1 Å². The van der Waals surface area contributed by atoms with Gasteiger partial charge in [0.05, 0.1) is 12.1 Å². The molecule has 2 unspecified atom stereocenters. The molecule has 0 heterocycles. The number of halogens is 1. The van der Waals surface area contributed by atoms with E-state index in [1.165, 1.54) is 0 Å². The molecular formula is C13H20ClNO. The van der Waals surface area contributed by atoms with Gasteiger partial charge < -0.3 is 10.5 Å². The highest BCUT2D eigenvalue weighted by atomic mass is 35.5. The van der Waals surface area contributed by atoms with Gasteiger partial charge in [-0.25, -0.2) is 0 Å². The standard InChI is InChI=1S/C13H20ClNO/c1-3-5-12(16-4-2)13(15)10-6-8-11(14)9-7-10/h6-9,12-13H,3-5,15H2,1-2H3. The van der Waals surface area contributed by atoms with Gasteiger partial charge in [-0.3, -0.25) is 0 Å². The lowest BCUT2D eigenvalue weighted by atomic mass is 9.99. The lowest BCUT2D eigenvalue weighted by Crippen LogP contribution is -2.29. The molecule has 0 fully saturated rings. The monoisotopic (exact) mass is 241 g/mol. The Hall–Kier alpha value is -0.570. The molecule has 0 aliphatic heterocycles. The van der Waals surface area contributed by atoms with Crippen molar-refractivity contribution in [1.82, 2.24) is 0 Å². The molecule has 0 bridgehead atoms. The van der Waals surface area contributed by atoms with Crippen molar-refractivity contribution in [2.75, 3.05) is 6.61 Å². The molecule has 2 nitrogen and oxygen atoms in total. The molecule has 1 rings (SSSR count). The van der Waals surface area contributed by atoms with Crippen molar-refractivity contribution in [1.29, 1.82) is 0 Å². The molecule has 0 radical (unpaired) electrons. The third kappa shape index (κ3) is 3.78. The van der Waals surface area contributed by atoms with Gasteiger partial charge in [0.25, 0.3) is 0 Å². The molecule has 2 atom stereocenters. The van der Waals surface area contributed by atoms with E-state index in [2.05, 4.69) is 6.92 Å². The highest BCUT2D eigenvalue weighted by molar-refractivity contribution is 6.30. The zero-order chi connectivity index (χ0) is 12.0. The maximum Gasteiger partial charge on any atom is 0.0767 e. The van der Waals surface area contributed by atoms with Crippen LogP contribution in [-0.2, 0) is 4.74 Å². The summed E-state index contributed by atoms with van der Waals surface area (Å²) in [6.07, 6.45) is 2.15. The topological polar surface area (TPSA) is 35.2 Å². The van der Waals surface area contributed by atoms with Crippen LogP contribution in [0.3, 0.4) is 0 Å². The Morgan fingerprint density at radius 2 is 1.88 bits per heavy atom. The number of nitrogens with two attached hydrogens (primary N) is 1. The maximum atomic E-state index is 6.19. The second kappa shape index (κ2) is 6.89. The number of ether oxygens (including phenoxy) is 1. The van der Waals surface area contributed by atoms with Crippen molar-refractivity contribution in [2.45, 2.75) is 38.8 Å². The van der Waals surface area contributed by atoms with E-state index in [0.717, 1.165) is 23.4 Å². The summed E-state index contributed by atoms with van der Waals surface area (Å²) in [4.78, 5) is 0. The Balaban J connectivity index is 2.72. The van der Waals surface area contributed by atoms with Crippen LogP contribution in [0.15, 0.2) is 24.3 Å². The van der Waals surface area contributed by atoms with E-state index < -0.39 is 0 Å². The fourth-order valence-corrected chi connectivity index (χ4v) is 1.89. The summed E-state index contributed by atoms with van der Waals surface area (Å²) in [5.74, 6) is 0. The SMILES string of the molecule is CCCC(OCC)C(N)c1ccc(Cl)cc1. The predicted octanol–water partition coefficient (Wildman–Crippen LogP) is 3.55. The fourth-order valence-electron chi connectivity index (χ4n) is 1.76. The average Bonchev–Trinajstić information content (AvgIpc) is 2.29. The van der Waals surface area contributed by atoms with E-state index in [4.69, 9.17) is 22.1 Å². The maximum absolute atomic E-state index is 6.19. The van der Waals surface area contributed by atoms with Gasteiger partial charge >= 0.3 is 0 Å². The van der Waals surface area contributed by atoms with Crippen LogP contribution in [0.1, 0.15) is 38.3 Å². The van der Waals surface area contributed by atoms with Gasteiger partial charge in [0.2, 0.25) is 0 Å². The molecule has 1 aromatic carbocycles. The van der Waals surface area contributed by atoms with Gasteiger partial charge in [-0.05, 0) is 31.0 Å². The van der Waals surface area contributed by atoms with Crippen LogP contribution in [0.2, 0.25) is 5.02 Å². The second-order valence-corrected chi connectivity index (χ2v) is 4.30. The van der Waals surface area contributed by atoms with Crippen LogP contribution in [-0.4, -0.2) is 12.7 Å². The molecule has 0 spiro atoms. The summed E-state index contributed by atoms with van der Waals surface area (Å²) in [5.41, 5.74) is 7.27. The van der Waals surface area contributed by atoms with Crippen LogP contribution < -0.4 is 5.73 Å². The third-order valence-electron chi connectivity index (χ3n) is 2.61. The summed E-state index contributed by atoms with van der Waals surface area (Å²) in [5, 5.41) is 0.736. The first-order valence-electron chi connectivity index (χ1n) is 5.81. The lowest BCUT2D eigenvalue weighted by Gasteiger charge is -2.23. The van der Waals surface area contributed by atoms with E-state index in [1.807, 2.05) is 31.2 Å². The van der Waals surface area contributed by atoms with Gasteiger partial charge in [0.15, 0.2) is 0 Å². The van der Waals surface area contributed by atoms with Crippen LogP contribution in [0.4, 0.5) is 0 Å². The molecule has 0 saturated heterocycles. The smallest absolute Gasteiger partial charge is 0.0767 e. The van der Waals surface area contributed by atoms with Crippen LogP contribution in [0, 0.1) is 0 Å². The van der Waals surface area contributed by atoms with Crippen molar-refractivity contribution >= 4 is 11.6 Å². The normalized spacial score (nSPS) is 14.8. The largest absolute Gasteiger partial charge is 0.377 e. The molecule has 0 saturated carbocycles. The molecule has 0 aliphatic carbocycles. The minimum atomic E-state index is -0.0721. The van der Waals surface area contributed by atoms with E-state index in [0.29, 0.717) is 6.61 Å². The number of benzene rings is 1. The second-order valence-electron chi connectivity index (χ2n) is 3.86. The quantitative estimate of drug-likeness (QED) is 0.827. The summed E-state index contributed by atoms with van der Waals surface area (Å²) < 4.78 is 5.67. The molecule has 0 aromatic heterocycles. The molecule has 0 amide bonds. The van der Waals surface area contributed by atoms with Crippen molar-refractivity contribution < 1.29 is 4.74 Å². The van der Waals surface area contributed by atoms with Crippen LogP contribution in [0.5, 0.6) is 0 Å². The van der Waals surface area contributed by atoms with Crippen LogP contribution >= 0.6 is 11.6 Å². The summed E-state index contributed by atoms with van der Waals surface area (Å²) >= 11 is 5.85. The molecule has 0 aliphatic rings. The number of hydrogen-bond donors (Lipinski definition) is 1. The predicted molar refractivity (Wildman–Crippen MR) is 68.7 cm³/mol. The fraction of sp³-hybridized carbons (Fsp3) is 0.538. The van der Waals surface area contributed by atoms with Gasteiger partial charge in [0.1, 0.15) is 0 Å².